The Morgan fingerprint density at radius 1 is 1.29 bits per heavy atom. The summed E-state index contributed by atoms with van der Waals surface area (Å²) in [6.45, 7) is 4.35. The average Bonchev–Trinajstić information content (AvgIpc) is 3.16. The van der Waals surface area contributed by atoms with Crippen LogP contribution in [-0.4, -0.2) is 54.4 Å². The van der Waals surface area contributed by atoms with Crippen molar-refractivity contribution in [3.05, 3.63) is 54.7 Å². The van der Waals surface area contributed by atoms with Crippen molar-refractivity contribution in [1.29, 1.82) is 0 Å². The van der Waals surface area contributed by atoms with Gasteiger partial charge < -0.3 is 10.1 Å². The first kappa shape index (κ1) is 20.1. The van der Waals surface area contributed by atoms with Gasteiger partial charge in [0.1, 0.15) is 11.6 Å². The number of ether oxygens (including phenoxy) is 1. The Labute approximate surface area is 164 Å². The van der Waals surface area contributed by atoms with E-state index >= 15 is 0 Å². The molecule has 0 unspecified atom stereocenters. The van der Waals surface area contributed by atoms with E-state index in [0.29, 0.717) is 43.1 Å². The van der Waals surface area contributed by atoms with Crippen LogP contribution < -0.4 is 10.1 Å². The zero-order chi connectivity index (χ0) is 20.1. The number of nitrogens with zero attached hydrogens (tertiary/aromatic N) is 3. The van der Waals surface area contributed by atoms with E-state index in [1.54, 1.807) is 48.3 Å². The molecule has 150 valence electrons. The highest BCUT2D eigenvalue weighted by atomic mass is 32.2. The van der Waals surface area contributed by atoms with Crippen molar-refractivity contribution in [2.45, 2.75) is 18.9 Å². The molecule has 1 aliphatic rings. The lowest BCUT2D eigenvalue weighted by atomic mass is 10.1. The van der Waals surface area contributed by atoms with Gasteiger partial charge >= 0.3 is 0 Å². The van der Waals surface area contributed by atoms with E-state index in [2.05, 4.69) is 17.0 Å². The van der Waals surface area contributed by atoms with Gasteiger partial charge in [0, 0.05) is 24.7 Å². The zero-order valence-electron chi connectivity index (χ0n) is 15.7. The number of methoxy groups -OCH3 is 1. The Hall–Kier alpha value is -2.65. The van der Waals surface area contributed by atoms with Crippen LogP contribution in [0.4, 0.5) is 5.82 Å². The molecular formula is C19H24N4O4S. The Bertz CT molecular complexity index is 929. The van der Waals surface area contributed by atoms with E-state index in [-0.39, 0.29) is 17.7 Å². The third kappa shape index (κ3) is 4.42. The minimum absolute atomic E-state index is 0.0244. The fourth-order valence-electron chi connectivity index (χ4n) is 3.25. The lowest BCUT2D eigenvalue weighted by Crippen LogP contribution is -2.40. The van der Waals surface area contributed by atoms with Crippen LogP contribution >= 0.6 is 0 Å². The van der Waals surface area contributed by atoms with Gasteiger partial charge in [-0.2, -0.15) is 5.10 Å². The second-order valence-electron chi connectivity index (χ2n) is 6.54. The van der Waals surface area contributed by atoms with E-state index in [1.165, 1.54) is 10.4 Å². The summed E-state index contributed by atoms with van der Waals surface area (Å²) in [5, 5.41) is 7.21. The van der Waals surface area contributed by atoms with Crippen molar-refractivity contribution in [3.8, 4) is 5.75 Å². The summed E-state index contributed by atoms with van der Waals surface area (Å²) in [6.07, 6.45) is 4.29. The number of hydrogen-bond donors (Lipinski definition) is 1. The molecule has 0 spiro atoms. The normalized spacial score (nSPS) is 15.9. The summed E-state index contributed by atoms with van der Waals surface area (Å²) in [4.78, 5) is 12.5. The SMILES string of the molecule is C=CCS(=O)(=O)N1CCC(n2nccc2NC(=O)c2ccc(OC)cc2)CC1. The molecule has 0 radical (unpaired) electrons. The third-order valence-corrected chi connectivity index (χ3v) is 6.56. The standard InChI is InChI=1S/C19H24N4O4S/c1-3-14-28(25,26)22-12-9-16(10-13-22)23-18(8-11-20-23)21-19(24)15-4-6-17(27-2)7-5-15/h3-8,11,16H,1,9-10,12-14H2,2H3,(H,21,24). The Balaban J connectivity index is 1.65. The molecule has 1 amide bonds. The molecule has 2 heterocycles. The molecule has 0 atom stereocenters. The number of rotatable bonds is 7. The summed E-state index contributed by atoms with van der Waals surface area (Å²) in [6, 6.07) is 8.60. The second-order valence-corrected chi connectivity index (χ2v) is 8.55. The number of piperidine rings is 1. The molecule has 1 N–H and O–H groups in total. The maximum Gasteiger partial charge on any atom is 0.256 e. The van der Waals surface area contributed by atoms with E-state index in [1.807, 2.05) is 0 Å². The number of amides is 1. The average molecular weight is 404 g/mol. The number of hydrogen-bond acceptors (Lipinski definition) is 5. The van der Waals surface area contributed by atoms with Gasteiger partial charge in [-0.05, 0) is 37.1 Å². The number of carbonyl (C=O) groups is 1. The van der Waals surface area contributed by atoms with Crippen LogP contribution in [-0.2, 0) is 10.0 Å². The van der Waals surface area contributed by atoms with E-state index in [0.717, 1.165) is 0 Å². The van der Waals surface area contributed by atoms with Crippen LogP contribution in [0, 0.1) is 0 Å². The first-order valence-corrected chi connectivity index (χ1v) is 10.6. The lowest BCUT2D eigenvalue weighted by Gasteiger charge is -2.31. The molecule has 2 aromatic rings. The van der Waals surface area contributed by atoms with Gasteiger partial charge in [0.2, 0.25) is 10.0 Å². The summed E-state index contributed by atoms with van der Waals surface area (Å²) in [5.74, 6) is 0.978. The highest BCUT2D eigenvalue weighted by molar-refractivity contribution is 7.89. The molecule has 8 nitrogen and oxygen atoms in total. The fraction of sp³-hybridized carbons (Fsp3) is 0.368. The number of nitrogens with one attached hydrogen (secondary N) is 1. The predicted octanol–water partition coefficient (Wildman–Crippen LogP) is 2.30. The Kier molecular flexibility index (Phi) is 6.15. The lowest BCUT2D eigenvalue weighted by molar-refractivity contribution is 0.102. The van der Waals surface area contributed by atoms with Gasteiger partial charge in [-0.25, -0.2) is 17.4 Å². The molecule has 9 heteroatoms. The molecular weight excluding hydrogens is 380 g/mol. The molecule has 0 saturated carbocycles. The Morgan fingerprint density at radius 2 is 1.96 bits per heavy atom. The van der Waals surface area contributed by atoms with E-state index in [4.69, 9.17) is 4.74 Å². The van der Waals surface area contributed by atoms with Crippen LogP contribution in [0.5, 0.6) is 5.75 Å². The molecule has 1 aliphatic heterocycles. The van der Waals surface area contributed by atoms with Crippen molar-refractivity contribution in [3.63, 3.8) is 0 Å². The zero-order valence-corrected chi connectivity index (χ0v) is 16.6. The van der Waals surface area contributed by atoms with Gasteiger partial charge in [-0.15, -0.1) is 6.58 Å². The van der Waals surface area contributed by atoms with Crippen molar-refractivity contribution in [2.24, 2.45) is 0 Å². The number of carbonyl (C=O) groups excluding carboxylic acids is 1. The maximum atomic E-state index is 12.5. The maximum absolute atomic E-state index is 12.5. The first-order chi connectivity index (χ1) is 13.4. The van der Waals surface area contributed by atoms with Crippen molar-refractivity contribution in [2.75, 3.05) is 31.3 Å². The topological polar surface area (TPSA) is 93.5 Å². The molecule has 0 aliphatic carbocycles. The van der Waals surface area contributed by atoms with Gasteiger partial charge in [0.05, 0.1) is 25.1 Å². The molecule has 1 aromatic heterocycles. The minimum atomic E-state index is -3.29. The summed E-state index contributed by atoms with van der Waals surface area (Å²) < 4.78 is 32.7. The molecule has 3 rings (SSSR count). The summed E-state index contributed by atoms with van der Waals surface area (Å²) in [7, 11) is -1.72. The highest BCUT2D eigenvalue weighted by Crippen LogP contribution is 2.27. The number of anilines is 1. The second kappa shape index (κ2) is 8.57. The van der Waals surface area contributed by atoms with Gasteiger partial charge in [0.15, 0.2) is 0 Å². The number of sulfonamides is 1. The van der Waals surface area contributed by atoms with Crippen LogP contribution in [0.25, 0.3) is 0 Å². The largest absolute Gasteiger partial charge is 0.497 e. The smallest absolute Gasteiger partial charge is 0.256 e. The molecule has 1 aromatic carbocycles. The van der Waals surface area contributed by atoms with Crippen LogP contribution in [0.2, 0.25) is 0 Å². The highest BCUT2D eigenvalue weighted by Gasteiger charge is 2.29. The quantitative estimate of drug-likeness (QED) is 0.715. The van der Waals surface area contributed by atoms with Crippen LogP contribution in [0.1, 0.15) is 29.2 Å². The number of aromatic nitrogens is 2. The third-order valence-electron chi connectivity index (χ3n) is 4.76. The summed E-state index contributed by atoms with van der Waals surface area (Å²) >= 11 is 0. The predicted molar refractivity (Wildman–Crippen MR) is 107 cm³/mol. The van der Waals surface area contributed by atoms with Crippen LogP contribution in [0.3, 0.4) is 0 Å². The van der Waals surface area contributed by atoms with Crippen LogP contribution in [0.15, 0.2) is 49.2 Å². The monoisotopic (exact) mass is 404 g/mol. The Morgan fingerprint density at radius 3 is 2.57 bits per heavy atom. The molecule has 28 heavy (non-hydrogen) atoms. The fourth-order valence-corrected chi connectivity index (χ4v) is 4.53. The van der Waals surface area contributed by atoms with Crippen molar-refractivity contribution in [1.82, 2.24) is 14.1 Å². The van der Waals surface area contributed by atoms with E-state index in [9.17, 15) is 13.2 Å². The van der Waals surface area contributed by atoms with Gasteiger partial charge in [-0.3, -0.25) is 4.79 Å². The first-order valence-electron chi connectivity index (χ1n) is 9.02. The van der Waals surface area contributed by atoms with Gasteiger partial charge in [0.25, 0.3) is 5.91 Å². The molecule has 1 fully saturated rings. The van der Waals surface area contributed by atoms with E-state index < -0.39 is 10.0 Å². The van der Waals surface area contributed by atoms with Gasteiger partial charge in [-0.1, -0.05) is 6.08 Å². The molecule has 1 saturated heterocycles. The van der Waals surface area contributed by atoms with Crippen molar-refractivity contribution >= 4 is 21.7 Å². The summed E-state index contributed by atoms with van der Waals surface area (Å²) in [5.41, 5.74) is 0.513. The molecule has 0 bridgehead atoms. The van der Waals surface area contributed by atoms with Crippen molar-refractivity contribution < 1.29 is 17.9 Å². The number of benzene rings is 1. The minimum Gasteiger partial charge on any atom is -0.497 e.